The van der Waals surface area contributed by atoms with E-state index in [1.54, 1.807) is 6.92 Å². The minimum atomic E-state index is -4.85. The van der Waals surface area contributed by atoms with Gasteiger partial charge in [0.25, 0.3) is 0 Å². The lowest BCUT2D eigenvalue weighted by molar-refractivity contribution is -0.391. The number of hydrogen-bond donors (Lipinski definition) is 2. The molecule has 0 radical (unpaired) electrons. The van der Waals surface area contributed by atoms with Gasteiger partial charge < -0.3 is 24.4 Å². The van der Waals surface area contributed by atoms with Crippen molar-refractivity contribution in [1.82, 2.24) is 0 Å². The molecule has 0 saturated heterocycles. The van der Waals surface area contributed by atoms with Crippen LogP contribution in [0, 0.1) is 0 Å². The van der Waals surface area contributed by atoms with E-state index in [1.165, 1.54) is 6.07 Å². The molecule has 1 aliphatic heterocycles. The molecule has 0 atom stereocenters. The average molecular weight is 360 g/mol. The van der Waals surface area contributed by atoms with Crippen LogP contribution in [0.2, 0.25) is 0 Å². The van der Waals surface area contributed by atoms with Gasteiger partial charge in [0.05, 0.1) is 0 Å². The molecular weight excluding hydrogens is 348 g/mol. The van der Waals surface area contributed by atoms with E-state index in [-0.39, 0.29) is 23.0 Å². The molecule has 0 aliphatic carbocycles. The number of phenolic OH excluding ortho intramolecular Hbond substituents is 2. The van der Waals surface area contributed by atoms with Gasteiger partial charge >= 0.3 is 12.2 Å². The van der Waals surface area contributed by atoms with Gasteiger partial charge in [-0.25, -0.2) is 0 Å². The predicted molar refractivity (Wildman–Crippen MR) is 76.8 cm³/mol. The molecule has 9 heteroatoms. The number of aromatic hydroxyl groups is 2. The van der Waals surface area contributed by atoms with Gasteiger partial charge in [0.15, 0.2) is 23.0 Å². The van der Waals surface area contributed by atoms with Crippen LogP contribution in [-0.4, -0.2) is 22.4 Å². The van der Waals surface area contributed by atoms with Crippen molar-refractivity contribution >= 4 is 0 Å². The van der Waals surface area contributed by atoms with Gasteiger partial charge in [-0.2, -0.15) is 17.6 Å². The first-order chi connectivity index (χ1) is 11.6. The highest BCUT2D eigenvalue weighted by atomic mass is 19.3. The molecule has 0 amide bonds. The van der Waals surface area contributed by atoms with Crippen LogP contribution in [-0.2, 0) is 6.42 Å². The van der Waals surface area contributed by atoms with E-state index in [0.717, 1.165) is 24.3 Å². The lowest BCUT2D eigenvalue weighted by Crippen LogP contribution is -2.52. The Bertz CT molecular complexity index is 822. The highest BCUT2D eigenvalue weighted by Gasteiger charge is 2.65. The van der Waals surface area contributed by atoms with E-state index >= 15 is 0 Å². The lowest BCUT2D eigenvalue weighted by atomic mass is 10.1. The highest BCUT2D eigenvalue weighted by Crippen LogP contribution is 2.48. The molecule has 1 aliphatic rings. The second-order valence-corrected chi connectivity index (χ2v) is 5.25. The van der Waals surface area contributed by atoms with Crippen molar-refractivity contribution in [2.24, 2.45) is 0 Å². The molecule has 0 bridgehead atoms. The molecule has 2 N–H and O–H groups in total. The highest BCUT2D eigenvalue weighted by molar-refractivity contribution is 5.54. The molecule has 5 nitrogen and oxygen atoms in total. The SMILES string of the molecule is CCc1cc(O)cc(Oc2ccc3c(c2)OC(F)(F)C(F)(F)O3)c1O. The Morgan fingerprint density at radius 2 is 1.60 bits per heavy atom. The first kappa shape index (κ1) is 17.0. The van der Waals surface area contributed by atoms with Crippen LogP contribution in [0.4, 0.5) is 17.6 Å². The quantitative estimate of drug-likeness (QED) is 0.627. The van der Waals surface area contributed by atoms with Gasteiger partial charge in [-0.3, -0.25) is 0 Å². The van der Waals surface area contributed by atoms with Crippen LogP contribution in [0.25, 0.3) is 0 Å². The fourth-order valence-corrected chi connectivity index (χ4v) is 2.23. The van der Waals surface area contributed by atoms with Gasteiger partial charge in [-0.05, 0) is 24.6 Å². The maximum Gasteiger partial charge on any atom is 0.507 e. The first-order valence-corrected chi connectivity index (χ1v) is 7.13. The van der Waals surface area contributed by atoms with E-state index in [4.69, 9.17) is 4.74 Å². The number of benzene rings is 2. The van der Waals surface area contributed by atoms with Crippen molar-refractivity contribution in [3.63, 3.8) is 0 Å². The molecule has 25 heavy (non-hydrogen) atoms. The summed E-state index contributed by atoms with van der Waals surface area (Å²) in [4.78, 5) is 0. The molecule has 0 fully saturated rings. The predicted octanol–water partition coefficient (Wildman–Crippen LogP) is 4.41. The lowest BCUT2D eigenvalue weighted by Gasteiger charge is -2.31. The monoisotopic (exact) mass is 360 g/mol. The summed E-state index contributed by atoms with van der Waals surface area (Å²) in [6, 6.07) is 5.50. The van der Waals surface area contributed by atoms with Crippen LogP contribution in [0.15, 0.2) is 30.3 Å². The standard InChI is InChI=1S/C16H12F4O5/c1-2-8-5-9(21)6-13(14(8)22)23-10-3-4-11-12(7-10)25-16(19,20)15(17,18)24-11/h3-7,21-22H,2H2,1H3. The third kappa shape index (κ3) is 2.97. The van der Waals surface area contributed by atoms with E-state index in [1.807, 2.05) is 0 Å². The molecule has 3 rings (SSSR count). The summed E-state index contributed by atoms with van der Waals surface area (Å²) in [6.07, 6.45) is -9.25. The summed E-state index contributed by atoms with van der Waals surface area (Å²) in [5.41, 5.74) is 0.402. The Labute approximate surface area is 139 Å². The molecule has 0 unspecified atom stereocenters. The maximum atomic E-state index is 13.2. The third-order valence-electron chi connectivity index (χ3n) is 3.48. The van der Waals surface area contributed by atoms with Crippen LogP contribution in [0.5, 0.6) is 34.5 Å². The number of ether oxygens (including phenoxy) is 3. The zero-order chi connectivity index (χ0) is 18.4. The first-order valence-electron chi connectivity index (χ1n) is 7.13. The smallest absolute Gasteiger partial charge is 0.507 e. The van der Waals surface area contributed by atoms with Gasteiger partial charge in [-0.15, -0.1) is 0 Å². The number of halogens is 4. The summed E-state index contributed by atoms with van der Waals surface area (Å²) in [5, 5.41) is 19.7. The average Bonchev–Trinajstić information content (AvgIpc) is 2.51. The van der Waals surface area contributed by atoms with Crippen LogP contribution in [0.1, 0.15) is 12.5 Å². The largest absolute Gasteiger partial charge is 0.508 e. The fraction of sp³-hybridized carbons (Fsp3) is 0.250. The number of alkyl halides is 4. The summed E-state index contributed by atoms with van der Waals surface area (Å²) in [5.74, 6) is -1.88. The van der Waals surface area contributed by atoms with Crippen LogP contribution < -0.4 is 14.2 Å². The number of rotatable bonds is 3. The molecule has 1 heterocycles. The number of aryl methyl sites for hydroxylation is 1. The Morgan fingerprint density at radius 1 is 0.960 bits per heavy atom. The summed E-state index contributed by atoms with van der Waals surface area (Å²) < 4.78 is 66.0. The molecule has 0 saturated carbocycles. The van der Waals surface area contributed by atoms with Crippen molar-refractivity contribution in [3.8, 4) is 34.5 Å². The molecule has 134 valence electrons. The Balaban J connectivity index is 1.94. The Kier molecular flexibility index (Phi) is 3.81. The normalized spacial score (nSPS) is 17.2. The molecular formula is C16H12F4O5. The zero-order valence-corrected chi connectivity index (χ0v) is 12.7. The van der Waals surface area contributed by atoms with E-state index in [2.05, 4.69) is 9.47 Å². The Hall–Kier alpha value is -2.84. The van der Waals surface area contributed by atoms with E-state index in [0.29, 0.717) is 12.0 Å². The van der Waals surface area contributed by atoms with E-state index < -0.39 is 23.7 Å². The zero-order valence-electron chi connectivity index (χ0n) is 12.7. The molecule has 0 spiro atoms. The fourth-order valence-electron chi connectivity index (χ4n) is 2.23. The van der Waals surface area contributed by atoms with Crippen molar-refractivity contribution in [2.75, 3.05) is 0 Å². The number of phenols is 2. The topological polar surface area (TPSA) is 68.2 Å². The third-order valence-corrected chi connectivity index (χ3v) is 3.48. The van der Waals surface area contributed by atoms with Crippen molar-refractivity contribution in [1.29, 1.82) is 0 Å². The molecule has 0 aromatic heterocycles. The van der Waals surface area contributed by atoms with Crippen molar-refractivity contribution in [3.05, 3.63) is 35.9 Å². The van der Waals surface area contributed by atoms with Gasteiger partial charge in [0, 0.05) is 17.7 Å². The summed E-state index contributed by atoms with van der Waals surface area (Å²) in [7, 11) is 0. The molecule has 2 aromatic carbocycles. The minimum absolute atomic E-state index is 0.0914. The second kappa shape index (κ2) is 5.61. The Morgan fingerprint density at radius 3 is 2.24 bits per heavy atom. The van der Waals surface area contributed by atoms with Crippen LogP contribution >= 0.6 is 0 Å². The van der Waals surface area contributed by atoms with Crippen LogP contribution in [0.3, 0.4) is 0 Å². The number of hydrogen-bond acceptors (Lipinski definition) is 5. The number of fused-ring (bicyclic) bond motifs is 1. The van der Waals surface area contributed by atoms with Gasteiger partial charge in [0.2, 0.25) is 0 Å². The molecule has 2 aromatic rings. The van der Waals surface area contributed by atoms with Crippen molar-refractivity contribution in [2.45, 2.75) is 25.6 Å². The van der Waals surface area contributed by atoms with Crippen molar-refractivity contribution < 1.29 is 42.0 Å². The summed E-state index contributed by atoms with van der Waals surface area (Å²) >= 11 is 0. The van der Waals surface area contributed by atoms with Gasteiger partial charge in [-0.1, -0.05) is 6.92 Å². The maximum absolute atomic E-state index is 13.2. The van der Waals surface area contributed by atoms with Gasteiger partial charge in [0.1, 0.15) is 11.5 Å². The second-order valence-electron chi connectivity index (χ2n) is 5.25. The minimum Gasteiger partial charge on any atom is -0.508 e. The summed E-state index contributed by atoms with van der Waals surface area (Å²) in [6.45, 7) is 1.74. The van der Waals surface area contributed by atoms with E-state index in [9.17, 15) is 27.8 Å².